The maximum absolute atomic E-state index is 5.70. The van der Waals surface area contributed by atoms with Crippen LogP contribution in [0.25, 0.3) is 165 Å². The number of hydrogen-bond acceptors (Lipinski definition) is 5. The van der Waals surface area contributed by atoms with E-state index in [1.807, 2.05) is 45.2 Å². The van der Waals surface area contributed by atoms with E-state index < -0.39 is 0 Å². The molecular formula is C128H119N7O2. The Morgan fingerprint density at radius 1 is 0.226 bits per heavy atom. The molecule has 8 heterocycles. The van der Waals surface area contributed by atoms with Crippen LogP contribution in [0.2, 0.25) is 0 Å². The quantitative estimate of drug-likeness (QED) is 0.151. The molecule has 0 amide bonds. The fourth-order valence-electron chi connectivity index (χ4n) is 21.5. The number of para-hydroxylation sites is 6. The molecule has 0 saturated heterocycles. The molecule has 8 aromatic heterocycles. The van der Waals surface area contributed by atoms with Crippen molar-refractivity contribution in [3.63, 3.8) is 0 Å². The average molecular weight is 1790 g/mol. The van der Waals surface area contributed by atoms with Crippen LogP contribution in [-0.2, 0) is 44.4 Å². The van der Waals surface area contributed by atoms with Gasteiger partial charge in [0, 0.05) is 154 Å². The third-order valence-corrected chi connectivity index (χ3v) is 28.5. The molecule has 16 aromatic carbocycles. The van der Waals surface area contributed by atoms with E-state index in [4.69, 9.17) is 8.83 Å². The summed E-state index contributed by atoms with van der Waals surface area (Å²) in [5, 5.41) is 15.1. The van der Waals surface area contributed by atoms with Gasteiger partial charge in [0.25, 0.3) is 0 Å². The molecule has 0 saturated carbocycles. The Bertz CT molecular complexity index is 8460. The summed E-state index contributed by atoms with van der Waals surface area (Å²) in [5.74, 6) is 0.735. The molecule has 0 aliphatic heterocycles. The second-order valence-electron chi connectivity index (χ2n) is 39.1. The third-order valence-electron chi connectivity index (χ3n) is 28.5. The first-order valence-corrected chi connectivity index (χ1v) is 47.8. The second-order valence-corrected chi connectivity index (χ2v) is 39.1. The Balaban J connectivity index is 0.0000000987. The van der Waals surface area contributed by atoms with E-state index in [2.05, 4.69) is 485 Å². The van der Waals surface area contributed by atoms with Crippen LogP contribution in [0.4, 0.5) is 0 Å². The molecule has 0 bridgehead atoms. The van der Waals surface area contributed by atoms with Gasteiger partial charge in [0.1, 0.15) is 17.0 Å². The van der Waals surface area contributed by atoms with Crippen LogP contribution in [0, 0.1) is 69.2 Å². The standard InChI is InChI=1S/3C16H16.3C14H13N.C13H11NO.C13H11N.C12H10N2O/c1-11-7-6-9-13-12-8-4-5-10-14(12)16(2,3)15(11)13;1-11-8-9-15-13(10-11)12-6-4-5-7-14(12)16(15,2)3;1-11-8-9-13-12-6-4-5-7-14(12)16(2,3)15(13)10-11;1-10-6-5-8-12-11-7-3-4-9-13(11)15(2)14(10)12;1-10-7-8-14-12(9-10)11-5-3-4-6-13(11)15(14)2;1-10-7-8-12-11-5-3-4-6-13(11)15(2)14(12)9-10;1-8-3-5-10-11-6-4-9(2)14-13(11)15-12(10)7-8;1-14-12-8-4-2-6-10(12)11-7-3-5-9-13(11)14;1-7-3-4-9-10-6-13-8(2)14-12(10)15-11(9)5-7/h3*4-10H,1-3H3;3*3-9H,1-2H3;3-7H,1-2H3;2-9H,1H3;3-6H,1-2H3. The highest BCUT2D eigenvalue weighted by Crippen LogP contribution is 2.52. The molecule has 3 aliphatic rings. The van der Waals surface area contributed by atoms with Gasteiger partial charge in [-0.2, -0.15) is 4.98 Å². The number of rotatable bonds is 0. The minimum absolute atomic E-state index is 0.150. The molecule has 137 heavy (non-hydrogen) atoms. The van der Waals surface area contributed by atoms with Gasteiger partial charge in [0.2, 0.25) is 11.4 Å². The summed E-state index contributed by atoms with van der Waals surface area (Å²) < 4.78 is 20.4. The van der Waals surface area contributed by atoms with E-state index in [-0.39, 0.29) is 16.2 Å². The molecule has 0 radical (unpaired) electrons. The highest BCUT2D eigenvalue weighted by molar-refractivity contribution is 6.12. The zero-order valence-electron chi connectivity index (χ0n) is 82.5. The van der Waals surface area contributed by atoms with Gasteiger partial charge in [-0.05, 0) is 237 Å². The van der Waals surface area contributed by atoms with Crippen molar-refractivity contribution in [3.8, 4) is 33.4 Å². The van der Waals surface area contributed by atoms with Crippen LogP contribution in [0.15, 0.2) is 367 Å². The Labute approximate surface area is 804 Å². The lowest BCUT2D eigenvalue weighted by Gasteiger charge is -2.23. The molecule has 0 atom stereocenters. The predicted octanol–water partition coefficient (Wildman–Crippen LogP) is 33.7. The summed E-state index contributed by atoms with van der Waals surface area (Å²) >= 11 is 0. The molecular weight excluding hydrogens is 1670 g/mol. The summed E-state index contributed by atoms with van der Waals surface area (Å²) in [6, 6.07) is 125. The summed E-state index contributed by atoms with van der Waals surface area (Å²) in [4.78, 5) is 12.8. The lowest BCUT2D eigenvalue weighted by molar-refractivity contribution is 0.650. The van der Waals surface area contributed by atoms with Crippen molar-refractivity contribution in [1.82, 2.24) is 33.2 Å². The van der Waals surface area contributed by atoms with Gasteiger partial charge < -0.3 is 27.1 Å². The maximum atomic E-state index is 5.70. The average Bonchev–Trinajstić information content (AvgIpc) is 1.59. The van der Waals surface area contributed by atoms with Gasteiger partial charge in [-0.15, -0.1) is 0 Å². The molecule has 27 rings (SSSR count). The summed E-state index contributed by atoms with van der Waals surface area (Å²) in [6.07, 6.45) is 1.82. The molecule has 678 valence electrons. The molecule has 0 spiro atoms. The molecule has 0 N–H and O–H groups in total. The van der Waals surface area contributed by atoms with Crippen LogP contribution in [-0.4, -0.2) is 33.2 Å². The zero-order valence-corrected chi connectivity index (χ0v) is 82.5. The Kier molecular flexibility index (Phi) is 24.3. The van der Waals surface area contributed by atoms with Gasteiger partial charge in [0.05, 0.1) is 10.9 Å². The van der Waals surface area contributed by atoms with Crippen molar-refractivity contribution in [2.75, 3.05) is 0 Å². The molecule has 9 heteroatoms. The smallest absolute Gasteiger partial charge is 0.230 e. The monoisotopic (exact) mass is 1790 g/mol. The van der Waals surface area contributed by atoms with Crippen molar-refractivity contribution in [3.05, 3.63) is 447 Å². The topological polar surface area (TPSA) is 84.7 Å². The molecule has 0 fully saturated rings. The first kappa shape index (κ1) is 90.7. The van der Waals surface area contributed by atoms with E-state index >= 15 is 0 Å². The minimum Gasteiger partial charge on any atom is -0.438 e. The van der Waals surface area contributed by atoms with E-state index in [0.29, 0.717) is 5.71 Å². The van der Waals surface area contributed by atoms with Crippen molar-refractivity contribution < 1.29 is 8.83 Å². The predicted molar refractivity (Wildman–Crippen MR) is 582 cm³/mol. The first-order chi connectivity index (χ1) is 66.0. The third kappa shape index (κ3) is 16.9. The fraction of sp³-hybridized carbons (Fsp3) is 0.180. The highest BCUT2D eigenvalue weighted by atomic mass is 16.3. The SMILES string of the molecule is Cc1ccc2c(c1)-c1ccccc1C2(C)C.Cc1ccc2c(c1)C(C)(C)c1ccccc1-2.Cc1ccc2c(c1)c1ccccc1n2C.Cc1ccc2c(c1)oc1nc(C)ccc12.Cc1ccc2c(c1)oc1nc(C)ncc12.Cc1ccc2c3ccccc3n(C)c2c1.Cc1cccc2c1C(C)(C)c1ccccc1-2.Cc1cccc2c3ccccc3n(C)c12.Cn1c2ccccc2c2ccccc21. The number of fused-ring (bicyclic) bond motifs is 27. The molecule has 24 aromatic rings. The Hall–Kier alpha value is -15.5. The van der Waals surface area contributed by atoms with Crippen molar-refractivity contribution in [1.29, 1.82) is 0 Å². The van der Waals surface area contributed by atoms with E-state index in [0.717, 1.165) is 49.9 Å². The number of nitrogens with zero attached hydrogens (tertiary/aromatic N) is 7. The maximum Gasteiger partial charge on any atom is 0.230 e. The molecule has 3 aliphatic carbocycles. The van der Waals surface area contributed by atoms with Crippen molar-refractivity contribution in [2.45, 2.75) is 127 Å². The van der Waals surface area contributed by atoms with Gasteiger partial charge in [-0.25, -0.2) is 9.97 Å². The zero-order chi connectivity index (χ0) is 95.6. The van der Waals surface area contributed by atoms with Crippen LogP contribution in [0.3, 0.4) is 0 Å². The van der Waals surface area contributed by atoms with Crippen LogP contribution < -0.4 is 0 Å². The van der Waals surface area contributed by atoms with Gasteiger partial charge in [0.15, 0.2) is 0 Å². The van der Waals surface area contributed by atoms with Gasteiger partial charge in [-0.1, -0.05) is 337 Å². The number of benzene rings is 16. The van der Waals surface area contributed by atoms with E-state index in [1.165, 1.54) is 198 Å². The number of aryl methyl sites for hydroxylation is 14. The van der Waals surface area contributed by atoms with Crippen LogP contribution >= 0.6 is 0 Å². The molecule has 9 nitrogen and oxygen atoms in total. The number of furan rings is 2. The first-order valence-electron chi connectivity index (χ1n) is 47.8. The number of pyridine rings is 1. The van der Waals surface area contributed by atoms with E-state index in [9.17, 15) is 0 Å². The lowest BCUT2D eigenvalue weighted by Crippen LogP contribution is -2.16. The van der Waals surface area contributed by atoms with Crippen LogP contribution in [0.5, 0.6) is 0 Å². The van der Waals surface area contributed by atoms with Crippen molar-refractivity contribution >= 4 is 131 Å². The Morgan fingerprint density at radius 3 is 1.16 bits per heavy atom. The number of aromatic nitrogens is 7. The summed E-state index contributed by atoms with van der Waals surface area (Å²) in [5.41, 5.74) is 42.8. The minimum atomic E-state index is 0.150. The largest absolute Gasteiger partial charge is 0.438 e. The fourth-order valence-corrected chi connectivity index (χ4v) is 21.5. The van der Waals surface area contributed by atoms with Crippen LogP contribution in [0.1, 0.15) is 131 Å². The van der Waals surface area contributed by atoms with Gasteiger partial charge >= 0.3 is 0 Å². The summed E-state index contributed by atoms with van der Waals surface area (Å²) in [7, 11) is 8.51. The lowest BCUT2D eigenvalue weighted by atomic mass is 9.80. The normalized spacial score (nSPS) is 12.8. The van der Waals surface area contributed by atoms with Gasteiger partial charge in [-0.3, -0.25) is 0 Å². The van der Waals surface area contributed by atoms with Crippen molar-refractivity contribution in [2.24, 2.45) is 28.2 Å². The summed E-state index contributed by atoms with van der Waals surface area (Å²) in [6.45, 7) is 34.8. The molecule has 0 unspecified atom stereocenters. The second kappa shape index (κ2) is 36.7. The van der Waals surface area contributed by atoms with E-state index in [1.54, 1.807) is 0 Å². The highest BCUT2D eigenvalue weighted by Gasteiger charge is 2.38. The number of hydrogen-bond donors (Lipinski definition) is 0. The Morgan fingerprint density at radius 2 is 0.584 bits per heavy atom.